The first-order valence-electron chi connectivity index (χ1n) is 7.67. The van der Waals surface area contributed by atoms with E-state index in [2.05, 4.69) is 22.5 Å². The number of rotatable bonds is 8. The smallest absolute Gasteiger partial charge is 0.390 e. The van der Waals surface area contributed by atoms with Gasteiger partial charge in [0.2, 0.25) is 0 Å². The van der Waals surface area contributed by atoms with E-state index < -0.39 is 12.6 Å². The third-order valence-electron chi connectivity index (χ3n) is 3.05. The zero-order chi connectivity index (χ0) is 17.1. The molecule has 0 radical (unpaired) electrons. The number of hydrogen-bond donors (Lipinski definition) is 2. The standard InChI is InChI=1S/C16H24F3N3O/c1-3-4-10-23-14-7-5-6-13(11-14)12-22-15(20-2)21-9-8-16(17,18)19/h5-7,11H,3-4,8-10,12H2,1-2H3,(H2,20,21,22). The second kappa shape index (κ2) is 9.97. The second-order valence-electron chi connectivity index (χ2n) is 5.07. The molecule has 0 atom stereocenters. The summed E-state index contributed by atoms with van der Waals surface area (Å²) in [5, 5.41) is 5.62. The fourth-order valence-corrected chi connectivity index (χ4v) is 1.81. The number of aliphatic imine (C=N–C) groups is 1. The highest BCUT2D eigenvalue weighted by atomic mass is 19.4. The highest BCUT2D eigenvalue weighted by molar-refractivity contribution is 5.79. The molecule has 0 bridgehead atoms. The van der Waals surface area contributed by atoms with Crippen LogP contribution in [0, 0.1) is 0 Å². The quantitative estimate of drug-likeness (QED) is 0.435. The topological polar surface area (TPSA) is 45.6 Å². The molecule has 0 saturated carbocycles. The van der Waals surface area contributed by atoms with E-state index in [-0.39, 0.29) is 6.54 Å². The molecule has 0 aliphatic carbocycles. The summed E-state index contributed by atoms with van der Waals surface area (Å²) >= 11 is 0. The Hall–Kier alpha value is -1.92. The van der Waals surface area contributed by atoms with Crippen molar-refractivity contribution in [3.63, 3.8) is 0 Å². The number of guanidine groups is 1. The van der Waals surface area contributed by atoms with Crippen molar-refractivity contribution in [1.82, 2.24) is 10.6 Å². The van der Waals surface area contributed by atoms with Crippen molar-refractivity contribution in [2.75, 3.05) is 20.2 Å². The Morgan fingerprint density at radius 3 is 2.70 bits per heavy atom. The number of nitrogens with one attached hydrogen (secondary N) is 2. The molecule has 4 nitrogen and oxygen atoms in total. The molecule has 0 fully saturated rings. The van der Waals surface area contributed by atoms with Crippen molar-refractivity contribution >= 4 is 5.96 Å². The summed E-state index contributed by atoms with van der Waals surface area (Å²) in [5.41, 5.74) is 0.970. The van der Waals surface area contributed by atoms with Gasteiger partial charge in [-0.25, -0.2) is 0 Å². The molecule has 130 valence electrons. The van der Waals surface area contributed by atoms with Gasteiger partial charge in [-0.05, 0) is 24.1 Å². The minimum Gasteiger partial charge on any atom is -0.494 e. The first-order chi connectivity index (χ1) is 10.9. The van der Waals surface area contributed by atoms with E-state index in [0.717, 1.165) is 24.2 Å². The third-order valence-corrected chi connectivity index (χ3v) is 3.05. The fraction of sp³-hybridized carbons (Fsp3) is 0.562. The van der Waals surface area contributed by atoms with Crippen LogP contribution in [0.2, 0.25) is 0 Å². The molecule has 0 aliphatic rings. The molecule has 7 heteroatoms. The van der Waals surface area contributed by atoms with E-state index in [1.165, 1.54) is 7.05 Å². The number of halogens is 3. The van der Waals surface area contributed by atoms with Gasteiger partial charge in [-0.15, -0.1) is 0 Å². The molecule has 0 aliphatic heterocycles. The SMILES string of the molecule is CCCCOc1cccc(CNC(=NC)NCCC(F)(F)F)c1. The van der Waals surface area contributed by atoms with Gasteiger partial charge in [0.05, 0.1) is 13.0 Å². The maximum absolute atomic E-state index is 12.1. The minimum atomic E-state index is -4.17. The minimum absolute atomic E-state index is 0.205. The van der Waals surface area contributed by atoms with Crippen LogP contribution in [0.5, 0.6) is 5.75 Å². The van der Waals surface area contributed by atoms with Crippen LogP contribution in [0.4, 0.5) is 13.2 Å². The Balaban J connectivity index is 2.41. The lowest BCUT2D eigenvalue weighted by Crippen LogP contribution is -2.38. The van der Waals surface area contributed by atoms with Gasteiger partial charge in [0.25, 0.3) is 0 Å². The summed E-state index contributed by atoms with van der Waals surface area (Å²) in [6.07, 6.45) is -3.00. The fourth-order valence-electron chi connectivity index (χ4n) is 1.81. The molecule has 2 N–H and O–H groups in total. The van der Waals surface area contributed by atoms with Gasteiger partial charge >= 0.3 is 6.18 Å². The zero-order valence-electron chi connectivity index (χ0n) is 13.5. The molecule has 0 unspecified atom stereocenters. The van der Waals surface area contributed by atoms with Crippen LogP contribution in [0.1, 0.15) is 31.7 Å². The molecule has 0 spiro atoms. The first kappa shape index (κ1) is 19.1. The van der Waals surface area contributed by atoms with E-state index in [0.29, 0.717) is 19.1 Å². The van der Waals surface area contributed by atoms with Crippen molar-refractivity contribution in [2.24, 2.45) is 4.99 Å². The van der Waals surface area contributed by atoms with E-state index in [4.69, 9.17) is 4.74 Å². The molecule has 0 saturated heterocycles. The highest BCUT2D eigenvalue weighted by Crippen LogP contribution is 2.18. The maximum Gasteiger partial charge on any atom is 0.390 e. The Morgan fingerprint density at radius 1 is 1.26 bits per heavy atom. The lowest BCUT2D eigenvalue weighted by Gasteiger charge is -2.13. The van der Waals surface area contributed by atoms with Gasteiger partial charge in [0, 0.05) is 20.1 Å². The molecule has 1 aromatic rings. The van der Waals surface area contributed by atoms with Crippen molar-refractivity contribution in [3.8, 4) is 5.75 Å². The molecule has 0 amide bonds. The van der Waals surface area contributed by atoms with Crippen LogP contribution in [0.15, 0.2) is 29.3 Å². The Morgan fingerprint density at radius 2 is 2.04 bits per heavy atom. The Kier molecular flexibility index (Phi) is 8.29. The molecule has 1 rings (SSSR count). The van der Waals surface area contributed by atoms with Crippen LogP contribution in [-0.2, 0) is 6.54 Å². The normalized spacial score (nSPS) is 12.1. The average molecular weight is 331 g/mol. The van der Waals surface area contributed by atoms with Crippen molar-refractivity contribution in [1.29, 1.82) is 0 Å². The lowest BCUT2D eigenvalue weighted by molar-refractivity contribution is -0.132. The average Bonchev–Trinajstić information content (AvgIpc) is 2.50. The van der Waals surface area contributed by atoms with Crippen molar-refractivity contribution < 1.29 is 17.9 Å². The van der Waals surface area contributed by atoms with Crippen LogP contribution in [0.3, 0.4) is 0 Å². The van der Waals surface area contributed by atoms with Crippen LogP contribution in [-0.4, -0.2) is 32.3 Å². The highest BCUT2D eigenvalue weighted by Gasteiger charge is 2.26. The molecule has 0 heterocycles. The number of unbranched alkanes of at least 4 members (excludes halogenated alkanes) is 1. The van der Waals surface area contributed by atoms with Gasteiger partial charge in [-0.1, -0.05) is 25.5 Å². The number of hydrogen-bond acceptors (Lipinski definition) is 2. The maximum atomic E-state index is 12.1. The molecule has 1 aromatic carbocycles. The van der Waals surface area contributed by atoms with Gasteiger partial charge < -0.3 is 15.4 Å². The summed E-state index contributed by atoms with van der Waals surface area (Å²) in [6, 6.07) is 7.60. The molecular formula is C16H24F3N3O. The first-order valence-corrected chi connectivity index (χ1v) is 7.67. The van der Waals surface area contributed by atoms with Crippen molar-refractivity contribution in [2.45, 2.75) is 38.9 Å². The van der Waals surface area contributed by atoms with Gasteiger partial charge in [-0.3, -0.25) is 4.99 Å². The van der Waals surface area contributed by atoms with E-state index in [1.54, 1.807) is 0 Å². The van der Waals surface area contributed by atoms with E-state index >= 15 is 0 Å². The molecular weight excluding hydrogens is 307 g/mol. The van der Waals surface area contributed by atoms with Crippen LogP contribution < -0.4 is 15.4 Å². The van der Waals surface area contributed by atoms with Crippen LogP contribution in [0.25, 0.3) is 0 Å². The number of ether oxygens (including phenoxy) is 1. The molecule has 23 heavy (non-hydrogen) atoms. The largest absolute Gasteiger partial charge is 0.494 e. The summed E-state index contributed by atoms with van der Waals surface area (Å²) < 4.78 is 42.0. The Labute approximate surface area is 135 Å². The number of nitrogens with zero attached hydrogens (tertiary/aromatic N) is 1. The zero-order valence-corrected chi connectivity index (χ0v) is 13.5. The van der Waals surface area contributed by atoms with E-state index in [1.807, 2.05) is 24.3 Å². The van der Waals surface area contributed by atoms with E-state index in [9.17, 15) is 13.2 Å². The summed E-state index contributed by atoms with van der Waals surface area (Å²) in [6.45, 7) is 3.02. The van der Waals surface area contributed by atoms with Gasteiger partial charge in [0.1, 0.15) is 5.75 Å². The van der Waals surface area contributed by atoms with Crippen molar-refractivity contribution in [3.05, 3.63) is 29.8 Å². The lowest BCUT2D eigenvalue weighted by atomic mass is 10.2. The summed E-state index contributed by atoms with van der Waals surface area (Å²) in [7, 11) is 1.52. The number of alkyl halides is 3. The molecule has 0 aromatic heterocycles. The number of benzene rings is 1. The van der Waals surface area contributed by atoms with Crippen LogP contribution >= 0.6 is 0 Å². The second-order valence-corrected chi connectivity index (χ2v) is 5.07. The van der Waals surface area contributed by atoms with Gasteiger partial charge in [-0.2, -0.15) is 13.2 Å². The summed E-state index contributed by atoms with van der Waals surface area (Å²) in [4.78, 5) is 3.90. The predicted molar refractivity (Wildman–Crippen MR) is 85.7 cm³/mol. The van der Waals surface area contributed by atoms with Gasteiger partial charge in [0.15, 0.2) is 5.96 Å². The Bertz CT molecular complexity index is 490. The monoisotopic (exact) mass is 331 g/mol. The predicted octanol–water partition coefficient (Wildman–Crippen LogP) is 3.48. The third kappa shape index (κ3) is 8.95. The summed E-state index contributed by atoms with van der Waals surface area (Å²) in [5.74, 6) is 1.13.